The van der Waals surface area contributed by atoms with Gasteiger partial charge in [0.15, 0.2) is 0 Å². The molecule has 0 atom stereocenters. The number of hydrogen-bond donors (Lipinski definition) is 0. The van der Waals surface area contributed by atoms with Crippen LogP contribution in [-0.4, -0.2) is 33.9 Å². The molecule has 1 aliphatic rings. The first-order valence-corrected chi connectivity index (χ1v) is 10.1. The van der Waals surface area contributed by atoms with Gasteiger partial charge in [0.05, 0.1) is 25.9 Å². The molecule has 4 rings (SSSR count). The zero-order valence-electron chi connectivity index (χ0n) is 14.0. The fourth-order valence-electron chi connectivity index (χ4n) is 3.13. The molecule has 0 bridgehead atoms. The first kappa shape index (κ1) is 16.4. The molecule has 3 aromatic rings. The number of nitrogens with zero attached hydrogens (tertiary/aromatic N) is 3. The lowest BCUT2D eigenvalue weighted by molar-refractivity contribution is -0.126. The molecule has 25 heavy (non-hydrogen) atoms. The predicted octanol–water partition coefficient (Wildman–Crippen LogP) is 4.48. The lowest BCUT2D eigenvalue weighted by Crippen LogP contribution is -2.36. The van der Waals surface area contributed by atoms with Crippen LogP contribution in [0.5, 0.6) is 0 Å². The van der Waals surface area contributed by atoms with Gasteiger partial charge in [-0.15, -0.1) is 22.7 Å². The first-order valence-electron chi connectivity index (χ1n) is 8.43. The van der Waals surface area contributed by atoms with E-state index in [0.717, 1.165) is 42.1 Å². The van der Waals surface area contributed by atoms with Crippen molar-refractivity contribution in [1.29, 1.82) is 0 Å². The van der Waals surface area contributed by atoms with Gasteiger partial charge in [0.1, 0.15) is 0 Å². The molecule has 4 nitrogen and oxygen atoms in total. The third kappa shape index (κ3) is 3.65. The number of benzene rings is 1. The number of piperidine rings is 1. The molecule has 0 radical (unpaired) electrons. The maximum Gasteiger partial charge on any atom is 0.246 e. The molecule has 1 amide bonds. The van der Waals surface area contributed by atoms with Crippen molar-refractivity contribution in [3.63, 3.8) is 0 Å². The van der Waals surface area contributed by atoms with Crippen molar-refractivity contribution >= 4 is 44.9 Å². The third-order valence-electron chi connectivity index (χ3n) is 4.50. The molecule has 0 N–H and O–H groups in total. The molecule has 6 heteroatoms. The fourth-order valence-corrected chi connectivity index (χ4v) is 4.85. The molecule has 128 valence electrons. The Bertz CT molecular complexity index is 887. The first-order chi connectivity index (χ1) is 12.2. The van der Waals surface area contributed by atoms with E-state index >= 15 is 0 Å². The summed E-state index contributed by atoms with van der Waals surface area (Å²) in [4.78, 5) is 23.4. The lowest BCUT2D eigenvalue weighted by Gasteiger charge is -2.30. The molecule has 1 aromatic carbocycles. The van der Waals surface area contributed by atoms with Gasteiger partial charge in [-0.2, -0.15) is 0 Å². The van der Waals surface area contributed by atoms with Crippen molar-refractivity contribution in [3.8, 4) is 0 Å². The Balaban J connectivity index is 1.37. The third-order valence-corrected chi connectivity index (χ3v) is 6.49. The summed E-state index contributed by atoms with van der Waals surface area (Å²) in [6.07, 6.45) is 5.42. The van der Waals surface area contributed by atoms with Crippen molar-refractivity contribution in [1.82, 2.24) is 14.9 Å². The van der Waals surface area contributed by atoms with Gasteiger partial charge in [-0.25, -0.2) is 9.97 Å². The van der Waals surface area contributed by atoms with E-state index < -0.39 is 0 Å². The van der Waals surface area contributed by atoms with E-state index in [1.54, 1.807) is 28.7 Å². The summed E-state index contributed by atoms with van der Waals surface area (Å²) in [5, 5.41) is 4.20. The van der Waals surface area contributed by atoms with E-state index in [9.17, 15) is 4.79 Å². The summed E-state index contributed by atoms with van der Waals surface area (Å²) < 4.78 is 1.25. The summed E-state index contributed by atoms with van der Waals surface area (Å²) in [6.45, 7) is 3.55. The van der Waals surface area contributed by atoms with Crippen LogP contribution in [0.2, 0.25) is 0 Å². The van der Waals surface area contributed by atoms with Gasteiger partial charge < -0.3 is 4.90 Å². The van der Waals surface area contributed by atoms with Gasteiger partial charge in [0.25, 0.3) is 0 Å². The monoisotopic (exact) mass is 369 g/mol. The second-order valence-corrected chi connectivity index (χ2v) is 8.37. The molecular formula is C19H19N3OS2. The number of carbonyl (C=O) groups excluding carboxylic acids is 1. The van der Waals surface area contributed by atoms with E-state index in [4.69, 9.17) is 4.98 Å². The van der Waals surface area contributed by atoms with Crippen molar-refractivity contribution in [2.75, 3.05) is 13.1 Å². The molecule has 1 aliphatic heterocycles. The number of para-hydroxylation sites is 1. The van der Waals surface area contributed by atoms with Crippen LogP contribution in [0.15, 0.2) is 35.7 Å². The number of hydrogen-bond acceptors (Lipinski definition) is 5. The molecule has 0 aliphatic carbocycles. The van der Waals surface area contributed by atoms with E-state index in [1.807, 2.05) is 29.3 Å². The standard InChI is InChI=1S/C19H19N3OS2/c1-13-20-15(12-24-13)6-7-18(23)22-10-8-14(9-11-22)19-21-16-4-2-3-5-17(16)25-19/h2-7,12,14H,8-11H2,1H3/b7-6+. The second kappa shape index (κ2) is 7.06. The van der Waals surface area contributed by atoms with Crippen molar-refractivity contribution in [3.05, 3.63) is 51.4 Å². The highest BCUT2D eigenvalue weighted by Gasteiger charge is 2.25. The topological polar surface area (TPSA) is 46.1 Å². The Kier molecular flexibility index (Phi) is 4.63. The molecule has 2 aromatic heterocycles. The summed E-state index contributed by atoms with van der Waals surface area (Å²) in [5.41, 5.74) is 1.95. The van der Waals surface area contributed by atoms with Crippen LogP contribution in [-0.2, 0) is 4.79 Å². The Morgan fingerprint density at radius 2 is 2.04 bits per heavy atom. The summed E-state index contributed by atoms with van der Waals surface area (Å²) in [7, 11) is 0. The van der Waals surface area contributed by atoms with Crippen LogP contribution < -0.4 is 0 Å². The average Bonchev–Trinajstić information content (AvgIpc) is 3.25. The Labute approximate surface area is 154 Å². The van der Waals surface area contributed by atoms with Gasteiger partial charge in [-0.3, -0.25) is 4.79 Å². The van der Waals surface area contributed by atoms with Crippen molar-refractivity contribution < 1.29 is 4.79 Å². The Morgan fingerprint density at radius 1 is 1.24 bits per heavy atom. The van der Waals surface area contributed by atoms with Crippen molar-refractivity contribution in [2.45, 2.75) is 25.7 Å². The minimum Gasteiger partial charge on any atom is -0.339 e. The van der Waals surface area contributed by atoms with Gasteiger partial charge in [-0.1, -0.05) is 12.1 Å². The van der Waals surface area contributed by atoms with E-state index in [2.05, 4.69) is 23.2 Å². The molecule has 0 spiro atoms. The highest BCUT2D eigenvalue weighted by atomic mass is 32.1. The maximum absolute atomic E-state index is 12.4. The van der Waals surface area contributed by atoms with E-state index in [1.165, 1.54) is 9.71 Å². The van der Waals surface area contributed by atoms with Gasteiger partial charge >= 0.3 is 0 Å². The van der Waals surface area contributed by atoms with Crippen LogP contribution in [0.25, 0.3) is 16.3 Å². The van der Waals surface area contributed by atoms with E-state index in [0.29, 0.717) is 5.92 Å². The SMILES string of the molecule is Cc1nc(/C=C/C(=O)N2CCC(c3nc4ccccc4s3)CC2)cs1. The number of rotatable bonds is 3. The number of fused-ring (bicyclic) bond motifs is 1. The number of aryl methyl sites for hydroxylation is 1. The largest absolute Gasteiger partial charge is 0.339 e. The van der Waals surface area contributed by atoms with Crippen molar-refractivity contribution in [2.24, 2.45) is 0 Å². The minimum atomic E-state index is 0.0772. The van der Waals surface area contributed by atoms with Gasteiger partial charge in [0.2, 0.25) is 5.91 Å². The normalized spacial score (nSPS) is 16.1. The number of thiazole rings is 2. The van der Waals surface area contributed by atoms with Crippen LogP contribution in [0.3, 0.4) is 0 Å². The minimum absolute atomic E-state index is 0.0772. The summed E-state index contributed by atoms with van der Waals surface area (Å²) >= 11 is 3.39. The summed E-state index contributed by atoms with van der Waals surface area (Å²) in [6, 6.07) is 8.28. The highest BCUT2D eigenvalue weighted by Crippen LogP contribution is 2.33. The van der Waals surface area contributed by atoms with Gasteiger partial charge in [-0.05, 0) is 38.0 Å². The Morgan fingerprint density at radius 3 is 2.76 bits per heavy atom. The zero-order valence-corrected chi connectivity index (χ0v) is 15.6. The molecule has 1 fully saturated rings. The zero-order chi connectivity index (χ0) is 17.2. The quantitative estimate of drug-likeness (QED) is 0.640. The van der Waals surface area contributed by atoms with Crippen LogP contribution >= 0.6 is 22.7 Å². The van der Waals surface area contributed by atoms with Gasteiger partial charge in [0, 0.05) is 30.5 Å². The number of carbonyl (C=O) groups is 1. The molecule has 0 saturated carbocycles. The number of amides is 1. The number of aromatic nitrogens is 2. The fraction of sp³-hybridized carbons (Fsp3) is 0.316. The predicted molar refractivity (Wildman–Crippen MR) is 104 cm³/mol. The molecule has 1 saturated heterocycles. The van der Waals surface area contributed by atoms with Crippen LogP contribution in [0, 0.1) is 6.92 Å². The van der Waals surface area contributed by atoms with E-state index in [-0.39, 0.29) is 5.91 Å². The smallest absolute Gasteiger partial charge is 0.246 e. The number of likely N-dealkylation sites (tertiary alicyclic amines) is 1. The highest BCUT2D eigenvalue weighted by molar-refractivity contribution is 7.18. The lowest BCUT2D eigenvalue weighted by atomic mass is 9.97. The second-order valence-electron chi connectivity index (χ2n) is 6.24. The molecular weight excluding hydrogens is 350 g/mol. The molecule has 3 heterocycles. The molecule has 0 unspecified atom stereocenters. The Hall–Kier alpha value is -2.05. The summed E-state index contributed by atoms with van der Waals surface area (Å²) in [5.74, 6) is 0.542. The average molecular weight is 370 g/mol. The maximum atomic E-state index is 12.4. The van der Waals surface area contributed by atoms with Crippen LogP contribution in [0.1, 0.15) is 34.5 Å². The van der Waals surface area contributed by atoms with Crippen LogP contribution in [0.4, 0.5) is 0 Å².